The third kappa shape index (κ3) is 4.89. The van der Waals surface area contributed by atoms with Gasteiger partial charge in [0.1, 0.15) is 24.3 Å². The Labute approximate surface area is 147 Å². The molecule has 0 bridgehead atoms. The minimum atomic E-state index is -0.557. The average Bonchev–Trinajstić information content (AvgIpc) is 2.68. The summed E-state index contributed by atoms with van der Waals surface area (Å²) in [7, 11) is 0. The number of hydrogen-bond donors (Lipinski definition) is 1. The van der Waals surface area contributed by atoms with Crippen molar-refractivity contribution < 1.29 is 9.84 Å². The van der Waals surface area contributed by atoms with Crippen LogP contribution in [0.2, 0.25) is 0 Å². The SMILES string of the molecule is N#Cc1ccc(OC[C@H](O)CN2CCN(c3cnccn3)CC2)cc1. The Morgan fingerprint density at radius 1 is 1.16 bits per heavy atom. The molecular weight excluding hydrogens is 318 g/mol. The quantitative estimate of drug-likeness (QED) is 0.837. The molecule has 1 N–H and O–H groups in total. The summed E-state index contributed by atoms with van der Waals surface area (Å²) in [5.74, 6) is 1.55. The Bertz CT molecular complexity index is 694. The fourth-order valence-electron chi connectivity index (χ4n) is 2.78. The first kappa shape index (κ1) is 17.1. The van der Waals surface area contributed by atoms with Crippen molar-refractivity contribution in [1.82, 2.24) is 14.9 Å². The fourth-order valence-corrected chi connectivity index (χ4v) is 2.78. The molecule has 7 heteroatoms. The summed E-state index contributed by atoms with van der Waals surface area (Å²) >= 11 is 0. The van der Waals surface area contributed by atoms with Gasteiger partial charge in [0, 0.05) is 45.1 Å². The Morgan fingerprint density at radius 3 is 2.56 bits per heavy atom. The lowest BCUT2D eigenvalue weighted by molar-refractivity contribution is 0.0662. The highest BCUT2D eigenvalue weighted by molar-refractivity contribution is 5.36. The van der Waals surface area contributed by atoms with Crippen molar-refractivity contribution in [2.24, 2.45) is 0 Å². The number of hydrogen-bond acceptors (Lipinski definition) is 7. The summed E-state index contributed by atoms with van der Waals surface area (Å²) in [5, 5.41) is 19.0. The smallest absolute Gasteiger partial charge is 0.147 e. The third-order valence-corrected chi connectivity index (χ3v) is 4.14. The van der Waals surface area contributed by atoms with Gasteiger partial charge in [0.2, 0.25) is 0 Å². The van der Waals surface area contributed by atoms with Crippen LogP contribution in [0.1, 0.15) is 5.56 Å². The molecule has 1 atom stereocenters. The number of benzene rings is 1. The number of ether oxygens (including phenoxy) is 1. The van der Waals surface area contributed by atoms with Gasteiger partial charge < -0.3 is 14.7 Å². The Balaban J connectivity index is 1.40. The van der Waals surface area contributed by atoms with E-state index in [0.717, 1.165) is 32.0 Å². The average molecular weight is 339 g/mol. The molecule has 0 unspecified atom stereocenters. The van der Waals surface area contributed by atoms with Gasteiger partial charge in [-0.2, -0.15) is 5.26 Å². The lowest BCUT2D eigenvalue weighted by Crippen LogP contribution is -2.49. The van der Waals surface area contributed by atoms with Crippen molar-refractivity contribution in [2.75, 3.05) is 44.2 Å². The lowest BCUT2D eigenvalue weighted by Gasteiger charge is -2.36. The van der Waals surface area contributed by atoms with E-state index in [2.05, 4.69) is 25.8 Å². The third-order valence-electron chi connectivity index (χ3n) is 4.14. The predicted molar refractivity (Wildman–Crippen MR) is 93.3 cm³/mol. The lowest BCUT2D eigenvalue weighted by atomic mass is 10.2. The highest BCUT2D eigenvalue weighted by Crippen LogP contribution is 2.13. The molecule has 1 aromatic heterocycles. The van der Waals surface area contributed by atoms with Crippen LogP contribution in [0.5, 0.6) is 5.75 Å². The van der Waals surface area contributed by atoms with E-state index >= 15 is 0 Å². The van der Waals surface area contributed by atoms with Gasteiger partial charge in [-0.1, -0.05) is 0 Å². The van der Waals surface area contributed by atoms with Crippen molar-refractivity contribution in [3.8, 4) is 11.8 Å². The maximum absolute atomic E-state index is 10.2. The van der Waals surface area contributed by atoms with E-state index in [-0.39, 0.29) is 6.61 Å². The summed E-state index contributed by atoms with van der Waals surface area (Å²) in [4.78, 5) is 12.8. The van der Waals surface area contributed by atoms with Crippen LogP contribution >= 0.6 is 0 Å². The Hall–Kier alpha value is -2.69. The van der Waals surface area contributed by atoms with Crippen molar-refractivity contribution in [2.45, 2.75) is 6.10 Å². The highest BCUT2D eigenvalue weighted by atomic mass is 16.5. The molecule has 1 aliphatic rings. The monoisotopic (exact) mass is 339 g/mol. The van der Waals surface area contributed by atoms with Crippen LogP contribution in [0.3, 0.4) is 0 Å². The topological polar surface area (TPSA) is 85.5 Å². The van der Waals surface area contributed by atoms with Crippen LogP contribution in [0.4, 0.5) is 5.82 Å². The van der Waals surface area contributed by atoms with Gasteiger partial charge in [-0.15, -0.1) is 0 Å². The number of aromatic nitrogens is 2. The van der Waals surface area contributed by atoms with Gasteiger partial charge in [0.25, 0.3) is 0 Å². The predicted octanol–water partition coefficient (Wildman–Crippen LogP) is 0.910. The van der Waals surface area contributed by atoms with Crippen LogP contribution < -0.4 is 9.64 Å². The maximum atomic E-state index is 10.2. The first-order valence-electron chi connectivity index (χ1n) is 8.29. The number of aliphatic hydroxyl groups excluding tert-OH is 1. The van der Waals surface area contributed by atoms with E-state index in [1.165, 1.54) is 0 Å². The Kier molecular flexibility index (Phi) is 5.77. The summed E-state index contributed by atoms with van der Waals surface area (Å²) in [6.07, 6.45) is 4.59. The molecule has 0 spiro atoms. The minimum Gasteiger partial charge on any atom is -0.491 e. The van der Waals surface area contributed by atoms with Crippen molar-refractivity contribution in [3.05, 3.63) is 48.4 Å². The highest BCUT2D eigenvalue weighted by Gasteiger charge is 2.20. The number of aliphatic hydroxyl groups is 1. The number of nitriles is 1. The zero-order valence-corrected chi connectivity index (χ0v) is 14.0. The minimum absolute atomic E-state index is 0.232. The zero-order chi connectivity index (χ0) is 17.5. The van der Waals surface area contributed by atoms with Crippen molar-refractivity contribution in [1.29, 1.82) is 5.26 Å². The first-order chi connectivity index (χ1) is 12.2. The van der Waals surface area contributed by atoms with Crippen LogP contribution in [0.25, 0.3) is 0 Å². The molecule has 25 heavy (non-hydrogen) atoms. The zero-order valence-electron chi connectivity index (χ0n) is 14.0. The second kappa shape index (κ2) is 8.42. The van der Waals surface area contributed by atoms with E-state index in [1.807, 2.05) is 0 Å². The maximum Gasteiger partial charge on any atom is 0.147 e. The van der Waals surface area contributed by atoms with E-state index in [0.29, 0.717) is 17.9 Å². The molecule has 7 nitrogen and oxygen atoms in total. The van der Waals surface area contributed by atoms with Gasteiger partial charge in [-0.25, -0.2) is 4.98 Å². The van der Waals surface area contributed by atoms with Gasteiger partial charge in [-0.05, 0) is 24.3 Å². The van der Waals surface area contributed by atoms with E-state index in [4.69, 9.17) is 10.00 Å². The number of piperazine rings is 1. The van der Waals surface area contributed by atoms with Gasteiger partial charge >= 0.3 is 0 Å². The van der Waals surface area contributed by atoms with Crippen molar-refractivity contribution >= 4 is 5.82 Å². The molecule has 0 amide bonds. The number of rotatable bonds is 6. The van der Waals surface area contributed by atoms with Crippen LogP contribution in [0, 0.1) is 11.3 Å². The molecule has 130 valence electrons. The molecule has 3 rings (SSSR count). The molecule has 1 aromatic carbocycles. The van der Waals surface area contributed by atoms with Gasteiger partial charge in [0.15, 0.2) is 0 Å². The largest absolute Gasteiger partial charge is 0.491 e. The second-order valence-electron chi connectivity index (χ2n) is 5.95. The fraction of sp³-hybridized carbons (Fsp3) is 0.389. The molecule has 1 saturated heterocycles. The molecule has 0 radical (unpaired) electrons. The number of β-amino-alcohol motifs (C(OH)–C–C–N with tert-alkyl or cyclic N) is 1. The molecular formula is C18H21N5O2. The van der Waals surface area contributed by atoms with Crippen molar-refractivity contribution in [3.63, 3.8) is 0 Å². The van der Waals surface area contributed by atoms with Crippen LogP contribution in [-0.4, -0.2) is 65.4 Å². The number of nitrogens with zero attached hydrogens (tertiary/aromatic N) is 5. The number of anilines is 1. The van der Waals surface area contributed by atoms with Gasteiger partial charge in [-0.3, -0.25) is 9.88 Å². The molecule has 1 fully saturated rings. The summed E-state index contributed by atoms with van der Waals surface area (Å²) < 4.78 is 5.58. The second-order valence-corrected chi connectivity index (χ2v) is 5.95. The standard InChI is InChI=1S/C18H21N5O2/c19-11-15-1-3-17(4-2-15)25-14-16(24)13-22-7-9-23(10-8-22)18-12-20-5-6-21-18/h1-6,12,16,24H,7-10,13-14H2/t16-/m1/s1. The van der Waals surface area contributed by atoms with Crippen LogP contribution in [-0.2, 0) is 0 Å². The van der Waals surface area contributed by atoms with E-state index in [9.17, 15) is 5.11 Å². The molecule has 1 aliphatic heterocycles. The van der Waals surface area contributed by atoms with Gasteiger partial charge in [0.05, 0.1) is 17.8 Å². The molecule has 2 heterocycles. The summed E-state index contributed by atoms with van der Waals surface area (Å²) in [6.45, 7) is 4.26. The van der Waals surface area contributed by atoms with Crippen LogP contribution in [0.15, 0.2) is 42.9 Å². The van der Waals surface area contributed by atoms with E-state index < -0.39 is 6.10 Å². The summed E-state index contributed by atoms with van der Waals surface area (Å²) in [6, 6.07) is 8.95. The first-order valence-corrected chi connectivity index (χ1v) is 8.29. The normalized spacial score (nSPS) is 16.2. The Morgan fingerprint density at radius 2 is 1.92 bits per heavy atom. The molecule has 0 saturated carbocycles. The summed E-state index contributed by atoms with van der Waals surface area (Å²) in [5.41, 5.74) is 0.592. The van der Waals surface area contributed by atoms with E-state index in [1.54, 1.807) is 42.9 Å². The molecule has 2 aromatic rings. The molecule has 0 aliphatic carbocycles.